The van der Waals surface area contributed by atoms with E-state index < -0.39 is 0 Å². The van der Waals surface area contributed by atoms with Gasteiger partial charge in [0.2, 0.25) is 0 Å². The van der Waals surface area contributed by atoms with Crippen molar-refractivity contribution in [3.8, 4) is 0 Å². The molecule has 2 rings (SSSR count). The number of rotatable bonds is 2. The van der Waals surface area contributed by atoms with Crippen molar-refractivity contribution in [2.75, 3.05) is 0 Å². The smallest absolute Gasteiger partial charge is 0.0210 e. The molecule has 0 N–H and O–H groups in total. The van der Waals surface area contributed by atoms with E-state index in [0.717, 1.165) is 11.8 Å². The summed E-state index contributed by atoms with van der Waals surface area (Å²) in [5.41, 5.74) is 0. The van der Waals surface area contributed by atoms with Crippen LogP contribution in [0.3, 0.4) is 0 Å². The van der Waals surface area contributed by atoms with Gasteiger partial charge in [0.15, 0.2) is 0 Å². The third-order valence-corrected chi connectivity index (χ3v) is 4.11. The lowest BCUT2D eigenvalue weighted by atomic mass is 9.75. The second-order valence-corrected chi connectivity index (χ2v) is 5.16. The van der Waals surface area contributed by atoms with Gasteiger partial charge in [0.1, 0.15) is 0 Å². The Morgan fingerprint density at radius 2 is 1.69 bits per heavy atom. The lowest BCUT2D eigenvalue weighted by Crippen LogP contribution is -2.17. The highest BCUT2D eigenvalue weighted by Crippen LogP contribution is 2.39. The molecule has 0 aromatic heterocycles. The van der Waals surface area contributed by atoms with Gasteiger partial charge in [-0.1, -0.05) is 51.9 Å². The fourth-order valence-corrected chi connectivity index (χ4v) is 3.14. The van der Waals surface area contributed by atoms with Crippen molar-refractivity contribution in [1.29, 1.82) is 0 Å². The lowest BCUT2D eigenvalue weighted by molar-refractivity contribution is 0.359. The van der Waals surface area contributed by atoms with Crippen LogP contribution in [0.5, 0.6) is 0 Å². The maximum absolute atomic E-state index is 2.45. The molecule has 0 aliphatic heterocycles. The van der Waals surface area contributed by atoms with Crippen molar-refractivity contribution in [3.05, 3.63) is 5.92 Å². The second kappa shape index (κ2) is 4.48. The van der Waals surface area contributed by atoms with Crippen LogP contribution in [0.2, 0.25) is 0 Å². The summed E-state index contributed by atoms with van der Waals surface area (Å²) in [7, 11) is 0. The first-order valence-corrected chi connectivity index (χ1v) is 6.21. The minimum atomic E-state index is 0.953. The maximum Gasteiger partial charge on any atom is -0.0210 e. The Bertz CT molecular complexity index is 144. The Morgan fingerprint density at radius 1 is 1.00 bits per heavy atom. The van der Waals surface area contributed by atoms with Gasteiger partial charge in [-0.05, 0) is 30.6 Å². The highest BCUT2D eigenvalue weighted by Gasteiger charge is 2.26. The Kier molecular flexibility index (Phi) is 3.29. The third kappa shape index (κ3) is 2.48. The molecule has 2 aliphatic rings. The molecule has 13 heavy (non-hydrogen) atoms. The van der Waals surface area contributed by atoms with E-state index in [2.05, 4.69) is 6.92 Å². The van der Waals surface area contributed by atoms with Crippen molar-refractivity contribution < 1.29 is 0 Å². The van der Waals surface area contributed by atoms with Gasteiger partial charge >= 0.3 is 0 Å². The Balaban J connectivity index is 1.78. The molecule has 0 amide bonds. The topological polar surface area (TPSA) is 0 Å². The summed E-state index contributed by atoms with van der Waals surface area (Å²) in [5.74, 6) is 3.95. The molecule has 0 bridgehead atoms. The zero-order valence-electron chi connectivity index (χ0n) is 9.02. The van der Waals surface area contributed by atoms with E-state index in [1.165, 1.54) is 57.8 Å². The molecule has 1 atom stereocenters. The van der Waals surface area contributed by atoms with E-state index in [9.17, 15) is 0 Å². The first kappa shape index (κ1) is 9.55. The summed E-state index contributed by atoms with van der Waals surface area (Å²) in [5, 5.41) is 0. The molecule has 75 valence electrons. The van der Waals surface area contributed by atoms with E-state index in [0.29, 0.717) is 0 Å². The second-order valence-electron chi connectivity index (χ2n) is 5.16. The van der Waals surface area contributed by atoms with Gasteiger partial charge in [0.25, 0.3) is 0 Å². The van der Waals surface area contributed by atoms with Crippen LogP contribution >= 0.6 is 0 Å². The molecule has 0 aromatic carbocycles. The van der Waals surface area contributed by atoms with Gasteiger partial charge in [-0.15, -0.1) is 0 Å². The normalized spacial score (nSPS) is 32.5. The largest absolute Gasteiger partial charge is 0.0620 e. The van der Waals surface area contributed by atoms with Crippen molar-refractivity contribution in [1.82, 2.24) is 0 Å². The standard InChI is InChI=1S/C13H23/c1-11-6-2-5-9-13(11)10-12-7-3-4-8-12/h11-12H,2-10H2,1H3. The van der Waals surface area contributed by atoms with Gasteiger partial charge in [-0.25, -0.2) is 0 Å². The predicted molar refractivity (Wildman–Crippen MR) is 57.5 cm³/mol. The van der Waals surface area contributed by atoms with Crippen LogP contribution in [0.15, 0.2) is 0 Å². The average molecular weight is 179 g/mol. The molecule has 0 heteroatoms. The molecule has 1 radical (unpaired) electrons. The summed E-state index contributed by atoms with van der Waals surface area (Å²) < 4.78 is 0. The summed E-state index contributed by atoms with van der Waals surface area (Å²) in [6.07, 6.45) is 13.4. The van der Waals surface area contributed by atoms with Crippen LogP contribution in [0.4, 0.5) is 0 Å². The lowest BCUT2D eigenvalue weighted by Gasteiger charge is -2.30. The number of hydrogen-bond donors (Lipinski definition) is 0. The maximum atomic E-state index is 2.45. The van der Waals surface area contributed by atoms with Crippen molar-refractivity contribution in [3.63, 3.8) is 0 Å². The van der Waals surface area contributed by atoms with Crippen molar-refractivity contribution in [2.45, 2.75) is 64.7 Å². The SMILES string of the molecule is CC1CCCC[C]1CC1CCCC1. The molecule has 0 spiro atoms. The van der Waals surface area contributed by atoms with Crippen LogP contribution in [0, 0.1) is 17.8 Å². The molecular weight excluding hydrogens is 156 g/mol. The Labute approximate surface area is 83.1 Å². The minimum absolute atomic E-state index is 0.953. The molecule has 1 unspecified atom stereocenters. The third-order valence-electron chi connectivity index (χ3n) is 4.11. The Morgan fingerprint density at radius 3 is 2.38 bits per heavy atom. The van der Waals surface area contributed by atoms with Crippen LogP contribution in [-0.2, 0) is 0 Å². The predicted octanol–water partition coefficient (Wildman–Crippen LogP) is 4.35. The molecule has 2 fully saturated rings. The highest BCUT2D eigenvalue weighted by molar-refractivity contribution is 4.99. The number of hydrogen-bond acceptors (Lipinski definition) is 0. The quantitative estimate of drug-likeness (QED) is 0.591. The van der Waals surface area contributed by atoms with Crippen molar-refractivity contribution >= 4 is 0 Å². The van der Waals surface area contributed by atoms with Gasteiger partial charge in [-0.2, -0.15) is 0 Å². The molecule has 0 aromatic rings. The minimum Gasteiger partial charge on any atom is -0.0620 e. The fraction of sp³-hybridized carbons (Fsp3) is 0.923. The van der Waals surface area contributed by atoms with Crippen LogP contribution in [0.1, 0.15) is 64.7 Å². The summed E-state index contributed by atoms with van der Waals surface area (Å²) in [6.45, 7) is 2.45. The van der Waals surface area contributed by atoms with E-state index in [1.54, 1.807) is 0 Å². The zero-order chi connectivity index (χ0) is 9.10. The van der Waals surface area contributed by atoms with Gasteiger partial charge in [-0.3, -0.25) is 0 Å². The fourth-order valence-electron chi connectivity index (χ4n) is 3.14. The first-order chi connectivity index (χ1) is 6.36. The summed E-state index contributed by atoms with van der Waals surface area (Å²) in [4.78, 5) is 0. The van der Waals surface area contributed by atoms with Crippen LogP contribution < -0.4 is 0 Å². The zero-order valence-corrected chi connectivity index (χ0v) is 9.02. The highest BCUT2D eigenvalue weighted by atomic mass is 14.3. The molecule has 0 saturated heterocycles. The molecule has 2 aliphatic carbocycles. The van der Waals surface area contributed by atoms with Crippen molar-refractivity contribution in [2.24, 2.45) is 11.8 Å². The van der Waals surface area contributed by atoms with E-state index in [-0.39, 0.29) is 0 Å². The van der Waals surface area contributed by atoms with Gasteiger partial charge in [0.05, 0.1) is 0 Å². The molecule has 0 nitrogen and oxygen atoms in total. The summed E-state index contributed by atoms with van der Waals surface area (Å²) >= 11 is 0. The van der Waals surface area contributed by atoms with Gasteiger partial charge in [0, 0.05) is 0 Å². The van der Waals surface area contributed by atoms with Crippen LogP contribution in [-0.4, -0.2) is 0 Å². The summed E-state index contributed by atoms with van der Waals surface area (Å²) in [6, 6.07) is 0. The monoisotopic (exact) mass is 179 g/mol. The Hall–Kier alpha value is 0. The molecule has 2 saturated carbocycles. The van der Waals surface area contributed by atoms with Gasteiger partial charge < -0.3 is 0 Å². The average Bonchev–Trinajstić information content (AvgIpc) is 2.61. The van der Waals surface area contributed by atoms with E-state index >= 15 is 0 Å². The van der Waals surface area contributed by atoms with Crippen LogP contribution in [0.25, 0.3) is 0 Å². The first-order valence-electron chi connectivity index (χ1n) is 6.21. The van der Waals surface area contributed by atoms with E-state index in [4.69, 9.17) is 0 Å². The molecule has 0 heterocycles. The molecular formula is C13H23. The van der Waals surface area contributed by atoms with E-state index in [1.807, 2.05) is 5.92 Å².